The molecule has 0 aliphatic carbocycles. The smallest absolute Gasteiger partial charge is 0.186 e. The van der Waals surface area contributed by atoms with Gasteiger partial charge in [0, 0.05) is 13.5 Å². The summed E-state index contributed by atoms with van der Waals surface area (Å²) in [6.07, 6.45) is 1.89. The van der Waals surface area contributed by atoms with Crippen LogP contribution in [0.4, 0.5) is 0 Å². The molecule has 0 amide bonds. The number of hydrogen-bond acceptors (Lipinski definition) is 4. The number of carbonyl (C=O) groups excluding carboxylic acids is 1. The van der Waals surface area contributed by atoms with Crippen LogP contribution in [-0.4, -0.2) is 29.8 Å². The molecule has 2 aromatic rings. The van der Waals surface area contributed by atoms with Gasteiger partial charge in [-0.3, -0.25) is 9.48 Å². The zero-order valence-corrected chi connectivity index (χ0v) is 13.1. The molecule has 0 radical (unpaired) electrons. The molecule has 106 valence electrons. The van der Waals surface area contributed by atoms with Gasteiger partial charge in [-0.15, -0.1) is 0 Å². The van der Waals surface area contributed by atoms with Gasteiger partial charge in [0.2, 0.25) is 0 Å². The van der Waals surface area contributed by atoms with E-state index in [1.54, 1.807) is 44.3 Å². The van der Waals surface area contributed by atoms with Crippen molar-refractivity contribution >= 4 is 21.7 Å². The summed E-state index contributed by atoms with van der Waals surface area (Å²) in [5.74, 6) is 1.25. The average Bonchev–Trinajstić information content (AvgIpc) is 2.78. The second-order valence-electron chi connectivity index (χ2n) is 4.25. The molecule has 1 aromatic heterocycles. The van der Waals surface area contributed by atoms with Gasteiger partial charge in [-0.05, 0) is 33.6 Å². The first-order valence-electron chi connectivity index (χ1n) is 5.98. The molecule has 1 aromatic carbocycles. The molecule has 1 heterocycles. The molecule has 20 heavy (non-hydrogen) atoms. The molecule has 0 bridgehead atoms. The lowest BCUT2D eigenvalue weighted by Gasteiger charge is -2.09. The summed E-state index contributed by atoms with van der Waals surface area (Å²) in [6.45, 7) is 0. The molecule has 2 rings (SSSR count). The first kappa shape index (κ1) is 14.6. The van der Waals surface area contributed by atoms with E-state index in [1.807, 2.05) is 6.07 Å². The third kappa shape index (κ3) is 2.85. The summed E-state index contributed by atoms with van der Waals surface area (Å²) in [7, 11) is 4.89. The highest BCUT2D eigenvalue weighted by Gasteiger charge is 2.16. The molecule has 0 saturated carbocycles. The number of methoxy groups -OCH3 is 2. The molecule has 0 spiro atoms. The fourth-order valence-electron chi connectivity index (χ4n) is 1.98. The minimum atomic E-state index is -0.0101. The monoisotopic (exact) mass is 338 g/mol. The maximum absolute atomic E-state index is 12.3. The molecule has 5 nitrogen and oxygen atoms in total. The zero-order chi connectivity index (χ0) is 14.7. The molecule has 0 aliphatic rings. The van der Waals surface area contributed by atoms with Gasteiger partial charge in [0.1, 0.15) is 5.69 Å². The number of hydrogen-bond donors (Lipinski definition) is 0. The largest absolute Gasteiger partial charge is 0.493 e. The van der Waals surface area contributed by atoms with Gasteiger partial charge in [0.15, 0.2) is 17.3 Å². The van der Waals surface area contributed by atoms with Gasteiger partial charge in [-0.25, -0.2) is 0 Å². The fourth-order valence-corrected chi connectivity index (χ4v) is 2.55. The molecule has 0 unspecified atom stereocenters. The standard InChI is InChI=1S/C14H15BrN2O3/c1-17-14(10(15)8-16-17)11(18)6-9-4-5-12(19-2)13(7-9)20-3/h4-5,7-8H,6H2,1-3H3. The Morgan fingerprint density at radius 1 is 1.30 bits per heavy atom. The summed E-state index contributed by atoms with van der Waals surface area (Å²) < 4.78 is 12.7. The molecule has 6 heteroatoms. The number of aryl methyl sites for hydroxylation is 1. The highest BCUT2D eigenvalue weighted by molar-refractivity contribution is 9.10. The lowest BCUT2D eigenvalue weighted by molar-refractivity contribution is 0.0983. The molecule has 0 aliphatic heterocycles. The van der Waals surface area contributed by atoms with E-state index in [1.165, 1.54) is 0 Å². The predicted octanol–water partition coefficient (Wildman–Crippen LogP) is 2.63. The van der Waals surface area contributed by atoms with Crippen LogP contribution in [-0.2, 0) is 13.5 Å². The van der Waals surface area contributed by atoms with E-state index in [0.717, 1.165) is 5.56 Å². The maximum atomic E-state index is 12.3. The van der Waals surface area contributed by atoms with Crippen molar-refractivity contribution in [3.8, 4) is 11.5 Å². The number of ketones is 1. The third-order valence-corrected chi connectivity index (χ3v) is 3.55. The van der Waals surface area contributed by atoms with E-state index in [4.69, 9.17) is 9.47 Å². The lowest BCUT2D eigenvalue weighted by Crippen LogP contribution is -2.10. The number of nitrogens with zero attached hydrogens (tertiary/aromatic N) is 2. The molecular weight excluding hydrogens is 324 g/mol. The highest BCUT2D eigenvalue weighted by atomic mass is 79.9. The van der Waals surface area contributed by atoms with Crippen LogP contribution in [0.15, 0.2) is 28.9 Å². The Labute approximate surface area is 125 Å². The second kappa shape index (κ2) is 6.09. The van der Waals surface area contributed by atoms with E-state index < -0.39 is 0 Å². The van der Waals surface area contributed by atoms with Crippen LogP contribution in [0.2, 0.25) is 0 Å². The normalized spacial score (nSPS) is 10.4. The predicted molar refractivity (Wildman–Crippen MR) is 78.5 cm³/mol. The van der Waals surface area contributed by atoms with Crippen LogP contribution in [0.5, 0.6) is 11.5 Å². The number of carbonyl (C=O) groups is 1. The van der Waals surface area contributed by atoms with Gasteiger partial charge in [0.05, 0.1) is 24.9 Å². The van der Waals surface area contributed by atoms with Crippen molar-refractivity contribution in [2.24, 2.45) is 7.05 Å². The Morgan fingerprint density at radius 2 is 2.00 bits per heavy atom. The van der Waals surface area contributed by atoms with Crippen molar-refractivity contribution in [3.63, 3.8) is 0 Å². The van der Waals surface area contributed by atoms with Crippen molar-refractivity contribution in [1.82, 2.24) is 9.78 Å². The van der Waals surface area contributed by atoms with Crippen LogP contribution in [0.3, 0.4) is 0 Å². The van der Waals surface area contributed by atoms with Crippen LogP contribution >= 0.6 is 15.9 Å². The van der Waals surface area contributed by atoms with Gasteiger partial charge in [0.25, 0.3) is 0 Å². The SMILES string of the molecule is COc1ccc(CC(=O)c2c(Br)cnn2C)cc1OC. The van der Waals surface area contributed by atoms with E-state index in [2.05, 4.69) is 21.0 Å². The second-order valence-corrected chi connectivity index (χ2v) is 5.11. The van der Waals surface area contributed by atoms with Gasteiger partial charge in [-0.2, -0.15) is 5.10 Å². The number of halogens is 1. The third-order valence-electron chi connectivity index (χ3n) is 2.97. The topological polar surface area (TPSA) is 53.3 Å². The minimum absolute atomic E-state index is 0.0101. The zero-order valence-electron chi connectivity index (χ0n) is 11.5. The van der Waals surface area contributed by atoms with Crippen LogP contribution < -0.4 is 9.47 Å². The van der Waals surface area contributed by atoms with Gasteiger partial charge in [-0.1, -0.05) is 6.07 Å². The van der Waals surface area contributed by atoms with E-state index in [9.17, 15) is 4.79 Å². The van der Waals surface area contributed by atoms with E-state index >= 15 is 0 Å². The molecule has 0 fully saturated rings. The quantitative estimate of drug-likeness (QED) is 0.786. The molecule has 0 saturated heterocycles. The molecule has 0 N–H and O–H groups in total. The van der Waals surface area contributed by atoms with Gasteiger partial charge < -0.3 is 9.47 Å². The number of benzene rings is 1. The summed E-state index contributed by atoms with van der Waals surface area (Å²) in [4.78, 5) is 12.3. The average molecular weight is 339 g/mol. The minimum Gasteiger partial charge on any atom is -0.493 e. The first-order chi connectivity index (χ1) is 9.56. The summed E-state index contributed by atoms with van der Waals surface area (Å²) in [6, 6.07) is 5.45. The fraction of sp³-hybridized carbons (Fsp3) is 0.286. The summed E-state index contributed by atoms with van der Waals surface area (Å²) >= 11 is 3.33. The number of rotatable bonds is 5. The Kier molecular flexibility index (Phi) is 4.44. The van der Waals surface area contributed by atoms with Crippen molar-refractivity contribution in [2.45, 2.75) is 6.42 Å². The van der Waals surface area contributed by atoms with Crippen LogP contribution in [0.1, 0.15) is 16.1 Å². The number of ether oxygens (including phenoxy) is 2. The van der Waals surface area contributed by atoms with Crippen LogP contribution in [0.25, 0.3) is 0 Å². The Balaban J connectivity index is 2.24. The van der Waals surface area contributed by atoms with E-state index in [-0.39, 0.29) is 12.2 Å². The number of aromatic nitrogens is 2. The summed E-state index contributed by atoms with van der Waals surface area (Å²) in [5.41, 5.74) is 1.42. The summed E-state index contributed by atoms with van der Waals surface area (Å²) in [5, 5.41) is 4.04. The molecule has 0 atom stereocenters. The van der Waals surface area contributed by atoms with Crippen molar-refractivity contribution in [1.29, 1.82) is 0 Å². The Morgan fingerprint density at radius 3 is 2.55 bits per heavy atom. The first-order valence-corrected chi connectivity index (χ1v) is 6.77. The van der Waals surface area contributed by atoms with Gasteiger partial charge >= 0.3 is 0 Å². The lowest BCUT2D eigenvalue weighted by atomic mass is 10.1. The maximum Gasteiger partial charge on any atom is 0.186 e. The van der Waals surface area contributed by atoms with Crippen molar-refractivity contribution in [2.75, 3.05) is 14.2 Å². The number of Topliss-reactive ketones (excluding diaryl/α,β-unsaturated/α-hetero) is 1. The molecular formula is C14H15BrN2O3. The Hall–Kier alpha value is -1.82. The van der Waals surface area contributed by atoms with Crippen LogP contribution in [0, 0.1) is 0 Å². The highest BCUT2D eigenvalue weighted by Crippen LogP contribution is 2.28. The van der Waals surface area contributed by atoms with E-state index in [0.29, 0.717) is 21.7 Å². The van der Waals surface area contributed by atoms with Crippen molar-refractivity contribution < 1.29 is 14.3 Å². The Bertz CT molecular complexity index is 618. The van der Waals surface area contributed by atoms with Crippen molar-refractivity contribution in [3.05, 3.63) is 40.1 Å².